The molecule has 0 bridgehead atoms. The number of hydrogen-bond acceptors (Lipinski definition) is 7. The molecular formula is C13H17NO8. The Labute approximate surface area is 126 Å². The van der Waals surface area contributed by atoms with E-state index in [4.69, 9.17) is 29.5 Å². The molecule has 0 fully saturated rings. The van der Waals surface area contributed by atoms with Crippen molar-refractivity contribution in [1.29, 1.82) is 0 Å². The highest BCUT2D eigenvalue weighted by Gasteiger charge is 2.13. The molecule has 0 amide bonds. The fraction of sp³-hybridized carbons (Fsp3) is 0.462. The lowest BCUT2D eigenvalue weighted by atomic mass is 10.3. The van der Waals surface area contributed by atoms with Gasteiger partial charge in [0.2, 0.25) is 0 Å². The molecule has 0 aliphatic carbocycles. The summed E-state index contributed by atoms with van der Waals surface area (Å²) in [7, 11) is 0. The zero-order valence-corrected chi connectivity index (χ0v) is 11.7. The van der Waals surface area contributed by atoms with Crippen LogP contribution >= 0.6 is 0 Å². The van der Waals surface area contributed by atoms with Gasteiger partial charge in [0, 0.05) is 12.1 Å². The minimum Gasteiger partial charge on any atom is -0.491 e. The third-order valence-corrected chi connectivity index (χ3v) is 2.34. The van der Waals surface area contributed by atoms with E-state index in [2.05, 4.69) is 4.98 Å². The molecule has 0 atom stereocenters. The molecule has 0 saturated heterocycles. The van der Waals surface area contributed by atoms with Gasteiger partial charge in [0.05, 0.1) is 33.0 Å². The molecule has 122 valence electrons. The van der Waals surface area contributed by atoms with Crippen LogP contribution in [0.25, 0.3) is 0 Å². The lowest BCUT2D eigenvalue weighted by Gasteiger charge is -2.08. The molecule has 0 saturated carbocycles. The second-order valence-corrected chi connectivity index (χ2v) is 3.98. The van der Waals surface area contributed by atoms with Crippen molar-refractivity contribution in [3.63, 3.8) is 0 Å². The summed E-state index contributed by atoms with van der Waals surface area (Å²) in [6.45, 7) is 1.18. The van der Waals surface area contributed by atoms with Crippen LogP contribution in [-0.2, 0) is 9.47 Å². The highest BCUT2D eigenvalue weighted by Crippen LogP contribution is 2.14. The van der Waals surface area contributed by atoms with E-state index in [1.807, 2.05) is 0 Å². The topological polar surface area (TPSA) is 135 Å². The van der Waals surface area contributed by atoms with Crippen molar-refractivity contribution in [2.45, 2.75) is 0 Å². The molecule has 3 N–H and O–H groups in total. The Hall–Kier alpha value is -2.23. The summed E-state index contributed by atoms with van der Waals surface area (Å²) in [5, 5.41) is 26.2. The summed E-state index contributed by atoms with van der Waals surface area (Å²) in [4.78, 5) is 25.2. The van der Waals surface area contributed by atoms with Crippen molar-refractivity contribution in [2.24, 2.45) is 0 Å². The largest absolute Gasteiger partial charge is 0.491 e. The number of hydrogen-bond donors (Lipinski definition) is 3. The molecule has 0 spiro atoms. The molecule has 1 rings (SSSR count). The fourth-order valence-corrected chi connectivity index (χ4v) is 1.41. The smallest absolute Gasteiger partial charge is 0.354 e. The van der Waals surface area contributed by atoms with Gasteiger partial charge in [0.25, 0.3) is 0 Å². The predicted octanol–water partition coefficient (Wildman–Crippen LogP) is -0.118. The van der Waals surface area contributed by atoms with Crippen molar-refractivity contribution in [3.05, 3.63) is 23.5 Å². The first-order chi connectivity index (χ1) is 10.5. The van der Waals surface area contributed by atoms with Crippen molar-refractivity contribution >= 4 is 11.9 Å². The van der Waals surface area contributed by atoms with Crippen LogP contribution in [-0.4, -0.2) is 71.9 Å². The summed E-state index contributed by atoms with van der Waals surface area (Å²) in [5.41, 5.74) is -0.818. The number of aromatic carboxylic acids is 2. The summed E-state index contributed by atoms with van der Waals surface area (Å²) in [6, 6.07) is 2.28. The van der Waals surface area contributed by atoms with Crippen molar-refractivity contribution in [2.75, 3.05) is 39.6 Å². The van der Waals surface area contributed by atoms with E-state index >= 15 is 0 Å². The molecule has 9 heteroatoms. The number of aromatic nitrogens is 1. The lowest BCUT2D eigenvalue weighted by Crippen LogP contribution is -2.13. The maximum atomic E-state index is 10.9. The summed E-state index contributed by atoms with van der Waals surface area (Å²) in [6.07, 6.45) is 0. The molecule has 1 aromatic heterocycles. The normalized spacial score (nSPS) is 10.4. The van der Waals surface area contributed by atoms with Crippen LogP contribution in [0.2, 0.25) is 0 Å². The van der Waals surface area contributed by atoms with Gasteiger partial charge in [0.15, 0.2) is 11.4 Å². The zero-order chi connectivity index (χ0) is 16.4. The highest BCUT2D eigenvalue weighted by atomic mass is 16.5. The maximum absolute atomic E-state index is 10.9. The van der Waals surface area contributed by atoms with Crippen LogP contribution in [0.1, 0.15) is 21.0 Å². The third kappa shape index (κ3) is 6.48. The van der Waals surface area contributed by atoms with Crippen LogP contribution < -0.4 is 4.74 Å². The molecule has 0 aromatic carbocycles. The molecular weight excluding hydrogens is 298 g/mol. The summed E-state index contributed by atoms with van der Waals surface area (Å²) < 4.78 is 15.4. The Morgan fingerprint density at radius 3 is 1.91 bits per heavy atom. The standard InChI is InChI=1S/C13H17NO8/c15-1-2-20-3-4-21-5-6-22-9-7-10(12(16)17)14-11(8-9)13(18)19/h7-8,15H,1-6H2,(H,16,17)(H,18,19). The SMILES string of the molecule is O=C(O)c1cc(OCCOCCOCCO)cc(C(=O)O)n1. The van der Waals surface area contributed by atoms with E-state index in [-0.39, 0.29) is 32.2 Å². The molecule has 0 radical (unpaired) electrons. The number of aliphatic hydroxyl groups excluding tert-OH is 1. The van der Waals surface area contributed by atoms with Gasteiger partial charge in [-0.05, 0) is 0 Å². The summed E-state index contributed by atoms with van der Waals surface area (Å²) in [5.74, 6) is -2.60. The maximum Gasteiger partial charge on any atom is 0.354 e. The van der Waals surface area contributed by atoms with E-state index < -0.39 is 23.3 Å². The molecule has 1 heterocycles. The molecule has 1 aromatic rings. The van der Waals surface area contributed by atoms with Crippen LogP contribution in [0.4, 0.5) is 0 Å². The van der Waals surface area contributed by atoms with E-state index in [1.165, 1.54) is 0 Å². The Bertz CT molecular complexity index is 473. The van der Waals surface area contributed by atoms with Gasteiger partial charge in [-0.1, -0.05) is 0 Å². The number of nitrogens with zero attached hydrogens (tertiary/aromatic N) is 1. The van der Waals surface area contributed by atoms with E-state index in [9.17, 15) is 9.59 Å². The number of carbonyl (C=O) groups is 2. The number of aliphatic hydroxyl groups is 1. The first kappa shape index (κ1) is 17.8. The minimum atomic E-state index is -1.34. The highest BCUT2D eigenvalue weighted by molar-refractivity contribution is 5.90. The first-order valence-corrected chi connectivity index (χ1v) is 6.42. The Balaban J connectivity index is 2.42. The van der Waals surface area contributed by atoms with Crippen LogP contribution in [0.3, 0.4) is 0 Å². The van der Waals surface area contributed by atoms with Crippen molar-refractivity contribution < 1.29 is 39.1 Å². The van der Waals surface area contributed by atoms with Crippen molar-refractivity contribution in [1.82, 2.24) is 4.98 Å². The number of pyridine rings is 1. The fourth-order valence-electron chi connectivity index (χ4n) is 1.41. The Kier molecular flexibility index (Phi) is 7.83. The van der Waals surface area contributed by atoms with Crippen LogP contribution in [0.15, 0.2) is 12.1 Å². The van der Waals surface area contributed by atoms with E-state index in [1.54, 1.807) is 0 Å². The first-order valence-electron chi connectivity index (χ1n) is 6.42. The number of rotatable bonds is 11. The average Bonchev–Trinajstić information content (AvgIpc) is 2.49. The Morgan fingerprint density at radius 1 is 0.909 bits per heavy atom. The number of carboxylic acid groups (broad SMARTS) is 2. The van der Waals surface area contributed by atoms with Crippen LogP contribution in [0, 0.1) is 0 Å². The van der Waals surface area contributed by atoms with Crippen molar-refractivity contribution in [3.8, 4) is 5.75 Å². The molecule has 0 aliphatic rings. The second-order valence-electron chi connectivity index (χ2n) is 3.98. The van der Waals surface area contributed by atoms with Gasteiger partial charge in [-0.15, -0.1) is 0 Å². The minimum absolute atomic E-state index is 0.0526. The van der Waals surface area contributed by atoms with Gasteiger partial charge in [-0.3, -0.25) is 0 Å². The van der Waals surface area contributed by atoms with Gasteiger partial charge < -0.3 is 29.5 Å². The average molecular weight is 315 g/mol. The van der Waals surface area contributed by atoms with Gasteiger partial charge in [-0.25, -0.2) is 14.6 Å². The Morgan fingerprint density at radius 2 is 1.41 bits per heavy atom. The number of carboxylic acids is 2. The quantitative estimate of drug-likeness (QED) is 0.477. The molecule has 0 aliphatic heterocycles. The van der Waals surface area contributed by atoms with Gasteiger partial charge in [-0.2, -0.15) is 0 Å². The third-order valence-electron chi connectivity index (χ3n) is 2.34. The lowest BCUT2D eigenvalue weighted by molar-refractivity contribution is 0.0247. The molecule has 22 heavy (non-hydrogen) atoms. The number of ether oxygens (including phenoxy) is 3. The van der Waals surface area contributed by atoms with E-state index in [0.29, 0.717) is 13.2 Å². The monoisotopic (exact) mass is 315 g/mol. The van der Waals surface area contributed by atoms with Crippen LogP contribution in [0.5, 0.6) is 5.75 Å². The second kappa shape index (κ2) is 9.66. The zero-order valence-electron chi connectivity index (χ0n) is 11.7. The molecule has 9 nitrogen and oxygen atoms in total. The predicted molar refractivity (Wildman–Crippen MR) is 72.4 cm³/mol. The summed E-state index contributed by atoms with van der Waals surface area (Å²) >= 11 is 0. The van der Waals surface area contributed by atoms with Gasteiger partial charge in [0.1, 0.15) is 12.4 Å². The van der Waals surface area contributed by atoms with Gasteiger partial charge >= 0.3 is 11.9 Å². The molecule has 0 unspecified atom stereocenters. The van der Waals surface area contributed by atoms with E-state index in [0.717, 1.165) is 12.1 Å².